The summed E-state index contributed by atoms with van der Waals surface area (Å²) in [5.41, 5.74) is 0. The van der Waals surface area contributed by atoms with Crippen LogP contribution in [-0.2, 0) is 0 Å². The Hall–Kier alpha value is -0.480. The van der Waals surface area contributed by atoms with Gasteiger partial charge in [-0.1, -0.05) is 12.8 Å². The van der Waals surface area contributed by atoms with Gasteiger partial charge in [0, 0.05) is 12.5 Å². The molecule has 1 rings (SSSR count). The van der Waals surface area contributed by atoms with Crippen molar-refractivity contribution in [2.24, 2.45) is 0 Å². The van der Waals surface area contributed by atoms with Gasteiger partial charge in [0.1, 0.15) is 0 Å². The predicted octanol–water partition coefficient (Wildman–Crippen LogP) is 2.32. The second kappa shape index (κ2) is 6.08. The molecule has 0 aromatic rings. The number of hydrogen-bond acceptors (Lipinski definition) is 1. The number of terminal acetylenes is 1. The first kappa shape index (κ1) is 9.61. The lowest BCUT2D eigenvalue weighted by Crippen LogP contribution is -2.26. The van der Waals surface area contributed by atoms with Crippen molar-refractivity contribution in [1.29, 1.82) is 0 Å². The van der Waals surface area contributed by atoms with Crippen molar-refractivity contribution in [1.82, 2.24) is 5.32 Å². The van der Waals surface area contributed by atoms with Gasteiger partial charge in [-0.25, -0.2) is 0 Å². The van der Waals surface area contributed by atoms with Crippen LogP contribution in [0, 0.1) is 12.3 Å². The van der Waals surface area contributed by atoms with Crippen molar-refractivity contribution in [2.75, 3.05) is 6.54 Å². The van der Waals surface area contributed by atoms with Crippen molar-refractivity contribution in [2.45, 2.75) is 51.0 Å². The van der Waals surface area contributed by atoms with Crippen molar-refractivity contribution in [3.63, 3.8) is 0 Å². The van der Waals surface area contributed by atoms with Crippen LogP contribution in [0.15, 0.2) is 0 Å². The molecule has 1 aliphatic rings. The Bertz CT molecular complexity index is 140. The van der Waals surface area contributed by atoms with E-state index in [4.69, 9.17) is 6.42 Å². The maximum Gasteiger partial charge on any atom is 0.00865 e. The average molecular weight is 165 g/mol. The van der Waals surface area contributed by atoms with Crippen LogP contribution in [0.4, 0.5) is 0 Å². The molecule has 0 atom stereocenters. The van der Waals surface area contributed by atoms with E-state index in [-0.39, 0.29) is 0 Å². The third-order valence-corrected chi connectivity index (χ3v) is 2.54. The van der Waals surface area contributed by atoms with Crippen LogP contribution in [0.25, 0.3) is 0 Å². The third kappa shape index (κ3) is 3.78. The van der Waals surface area contributed by atoms with Crippen molar-refractivity contribution in [3.8, 4) is 12.3 Å². The summed E-state index contributed by atoms with van der Waals surface area (Å²) >= 11 is 0. The van der Waals surface area contributed by atoms with Crippen molar-refractivity contribution in [3.05, 3.63) is 0 Å². The molecule has 0 unspecified atom stereocenters. The second-order valence-electron chi connectivity index (χ2n) is 3.60. The summed E-state index contributed by atoms with van der Waals surface area (Å²) in [6, 6.07) is 0.816. The first-order chi connectivity index (χ1) is 5.93. The van der Waals surface area contributed by atoms with Gasteiger partial charge < -0.3 is 5.32 Å². The van der Waals surface area contributed by atoms with E-state index in [1.54, 1.807) is 0 Å². The number of rotatable bonds is 5. The highest BCUT2D eigenvalue weighted by molar-refractivity contribution is 4.83. The fraction of sp³-hybridized carbons (Fsp3) is 0.818. The molecule has 68 valence electrons. The standard InChI is InChI=1S/C11H19N/c1-2-3-4-7-10-12-11-8-5-6-9-11/h1,11-12H,3-10H2. The minimum Gasteiger partial charge on any atom is -0.314 e. The number of nitrogens with one attached hydrogen (secondary N) is 1. The van der Waals surface area contributed by atoms with Gasteiger partial charge in [0.25, 0.3) is 0 Å². The number of unbranched alkanes of at least 4 members (excludes halogenated alkanes) is 2. The minimum atomic E-state index is 0.816. The molecule has 1 nitrogen and oxygen atoms in total. The average Bonchev–Trinajstić information content (AvgIpc) is 2.57. The quantitative estimate of drug-likeness (QED) is 0.487. The molecule has 0 saturated heterocycles. The van der Waals surface area contributed by atoms with Gasteiger partial charge in [0.05, 0.1) is 0 Å². The zero-order valence-corrected chi connectivity index (χ0v) is 7.81. The van der Waals surface area contributed by atoms with E-state index in [1.165, 1.54) is 38.5 Å². The van der Waals surface area contributed by atoms with Gasteiger partial charge in [-0.3, -0.25) is 0 Å². The summed E-state index contributed by atoms with van der Waals surface area (Å²) in [6.45, 7) is 1.16. The highest BCUT2D eigenvalue weighted by atomic mass is 14.9. The fourth-order valence-electron chi connectivity index (χ4n) is 1.79. The Kier molecular flexibility index (Phi) is 4.87. The van der Waals surface area contributed by atoms with Crippen molar-refractivity contribution < 1.29 is 0 Å². The summed E-state index contributed by atoms with van der Waals surface area (Å²) in [5, 5.41) is 3.57. The third-order valence-electron chi connectivity index (χ3n) is 2.54. The van der Waals surface area contributed by atoms with Crippen LogP contribution in [0.1, 0.15) is 44.9 Å². The lowest BCUT2D eigenvalue weighted by atomic mass is 10.2. The summed E-state index contributed by atoms with van der Waals surface area (Å²) in [5.74, 6) is 2.67. The molecule has 0 aromatic carbocycles. The molecule has 0 heterocycles. The van der Waals surface area contributed by atoms with Crippen LogP contribution in [0.2, 0.25) is 0 Å². The zero-order chi connectivity index (χ0) is 8.65. The highest BCUT2D eigenvalue weighted by Crippen LogP contribution is 2.17. The van der Waals surface area contributed by atoms with Gasteiger partial charge in [-0.15, -0.1) is 12.3 Å². The van der Waals surface area contributed by atoms with E-state index >= 15 is 0 Å². The van der Waals surface area contributed by atoms with Gasteiger partial charge in [0.2, 0.25) is 0 Å². The van der Waals surface area contributed by atoms with Crippen LogP contribution in [0.5, 0.6) is 0 Å². The zero-order valence-electron chi connectivity index (χ0n) is 7.81. The molecule has 0 spiro atoms. The van der Waals surface area contributed by atoms with Crippen LogP contribution in [0.3, 0.4) is 0 Å². The van der Waals surface area contributed by atoms with Gasteiger partial charge in [-0.05, 0) is 32.2 Å². The van der Waals surface area contributed by atoms with Crippen LogP contribution < -0.4 is 5.32 Å². The molecule has 0 aliphatic heterocycles. The van der Waals surface area contributed by atoms with E-state index in [0.717, 1.165) is 19.0 Å². The lowest BCUT2D eigenvalue weighted by molar-refractivity contribution is 0.509. The van der Waals surface area contributed by atoms with E-state index in [0.29, 0.717) is 0 Å². The summed E-state index contributed by atoms with van der Waals surface area (Å²) in [4.78, 5) is 0. The molecule has 0 aromatic heterocycles. The van der Waals surface area contributed by atoms with Crippen LogP contribution >= 0.6 is 0 Å². The lowest BCUT2D eigenvalue weighted by Gasteiger charge is -2.10. The largest absolute Gasteiger partial charge is 0.314 e. The topological polar surface area (TPSA) is 12.0 Å². The Morgan fingerprint density at radius 3 is 2.67 bits per heavy atom. The smallest absolute Gasteiger partial charge is 0.00865 e. The summed E-state index contributed by atoms with van der Waals surface area (Å²) < 4.78 is 0. The maximum absolute atomic E-state index is 5.16. The monoisotopic (exact) mass is 165 g/mol. The van der Waals surface area contributed by atoms with E-state index < -0.39 is 0 Å². The second-order valence-corrected chi connectivity index (χ2v) is 3.60. The molecule has 0 bridgehead atoms. The van der Waals surface area contributed by atoms with E-state index in [1.807, 2.05) is 0 Å². The molecule has 1 fully saturated rings. The number of hydrogen-bond donors (Lipinski definition) is 1. The Morgan fingerprint density at radius 2 is 2.00 bits per heavy atom. The molecule has 1 saturated carbocycles. The molecule has 1 N–H and O–H groups in total. The van der Waals surface area contributed by atoms with E-state index in [9.17, 15) is 0 Å². The normalized spacial score (nSPS) is 17.9. The molecular formula is C11H19N. The fourth-order valence-corrected chi connectivity index (χ4v) is 1.79. The first-order valence-corrected chi connectivity index (χ1v) is 5.10. The predicted molar refractivity (Wildman–Crippen MR) is 52.9 cm³/mol. The van der Waals surface area contributed by atoms with Gasteiger partial charge in [0.15, 0.2) is 0 Å². The molecular weight excluding hydrogens is 146 g/mol. The first-order valence-electron chi connectivity index (χ1n) is 5.10. The van der Waals surface area contributed by atoms with Crippen molar-refractivity contribution >= 4 is 0 Å². The molecule has 1 heteroatoms. The SMILES string of the molecule is C#CCCCCNC1CCCC1. The highest BCUT2D eigenvalue weighted by Gasteiger charge is 2.12. The van der Waals surface area contributed by atoms with E-state index in [2.05, 4.69) is 11.2 Å². The molecule has 0 amide bonds. The molecule has 0 radical (unpaired) electrons. The minimum absolute atomic E-state index is 0.816. The summed E-state index contributed by atoms with van der Waals surface area (Å²) in [7, 11) is 0. The Labute approximate surface area is 75.9 Å². The maximum atomic E-state index is 5.16. The Balaban J connectivity index is 1.85. The molecule has 1 aliphatic carbocycles. The van der Waals surface area contributed by atoms with Crippen LogP contribution in [-0.4, -0.2) is 12.6 Å². The van der Waals surface area contributed by atoms with Gasteiger partial charge in [-0.2, -0.15) is 0 Å². The summed E-state index contributed by atoms with van der Waals surface area (Å²) in [6.07, 6.45) is 14.1. The Morgan fingerprint density at radius 1 is 1.25 bits per heavy atom. The molecule has 12 heavy (non-hydrogen) atoms. The van der Waals surface area contributed by atoms with Gasteiger partial charge >= 0.3 is 0 Å².